The number of rotatable bonds is 5. The highest BCUT2D eigenvalue weighted by Crippen LogP contribution is 2.13. The van der Waals surface area contributed by atoms with Gasteiger partial charge in [-0.3, -0.25) is 9.59 Å². The van der Waals surface area contributed by atoms with Gasteiger partial charge in [-0.25, -0.2) is 0 Å². The molecule has 0 radical (unpaired) electrons. The fourth-order valence-electron chi connectivity index (χ4n) is 1.77. The standard InChI is InChI=1S/C17H27N3O2/c1-12(10-18)20(5)15(21)14-8-6-13(7-9-14)11-19-16(22)17(2,3)4/h6-9,12H,10-11,18H2,1-5H3,(H,19,22). The monoisotopic (exact) mass is 305 g/mol. The highest BCUT2D eigenvalue weighted by atomic mass is 16.2. The van der Waals surface area contributed by atoms with Gasteiger partial charge in [-0.15, -0.1) is 0 Å². The van der Waals surface area contributed by atoms with Crippen LogP contribution in [0.4, 0.5) is 0 Å². The third kappa shape index (κ3) is 4.84. The first-order valence-electron chi connectivity index (χ1n) is 7.51. The number of benzene rings is 1. The number of nitrogens with zero attached hydrogens (tertiary/aromatic N) is 1. The molecule has 1 atom stereocenters. The van der Waals surface area contributed by atoms with Crippen LogP contribution < -0.4 is 11.1 Å². The van der Waals surface area contributed by atoms with Gasteiger partial charge in [-0.05, 0) is 24.6 Å². The molecule has 0 aliphatic carbocycles. The molecule has 5 nitrogen and oxygen atoms in total. The Morgan fingerprint density at radius 3 is 2.23 bits per heavy atom. The summed E-state index contributed by atoms with van der Waals surface area (Å²) in [5.41, 5.74) is 6.76. The normalized spacial score (nSPS) is 12.6. The van der Waals surface area contributed by atoms with Gasteiger partial charge in [0.2, 0.25) is 5.91 Å². The molecule has 0 aliphatic heterocycles. The minimum Gasteiger partial charge on any atom is -0.352 e. The maximum absolute atomic E-state index is 12.3. The number of nitrogens with one attached hydrogen (secondary N) is 1. The third-order valence-electron chi connectivity index (χ3n) is 3.66. The van der Waals surface area contributed by atoms with Gasteiger partial charge in [-0.1, -0.05) is 32.9 Å². The van der Waals surface area contributed by atoms with Gasteiger partial charge < -0.3 is 16.0 Å². The molecule has 0 fully saturated rings. The van der Waals surface area contributed by atoms with E-state index in [1.54, 1.807) is 24.1 Å². The van der Waals surface area contributed by atoms with E-state index in [1.807, 2.05) is 39.8 Å². The first kappa shape index (κ1) is 18.2. The Hall–Kier alpha value is -1.88. The third-order valence-corrected chi connectivity index (χ3v) is 3.66. The summed E-state index contributed by atoms with van der Waals surface area (Å²) >= 11 is 0. The van der Waals surface area contributed by atoms with Crippen LogP contribution in [-0.2, 0) is 11.3 Å². The molecule has 0 aliphatic rings. The predicted molar refractivity (Wildman–Crippen MR) is 88.4 cm³/mol. The van der Waals surface area contributed by atoms with Crippen molar-refractivity contribution in [2.75, 3.05) is 13.6 Å². The predicted octanol–water partition coefficient (Wildman–Crippen LogP) is 1.77. The lowest BCUT2D eigenvalue weighted by atomic mass is 9.95. The zero-order valence-electron chi connectivity index (χ0n) is 14.1. The fraction of sp³-hybridized carbons (Fsp3) is 0.529. The first-order valence-corrected chi connectivity index (χ1v) is 7.51. The van der Waals surface area contributed by atoms with Crippen LogP contribution in [0.2, 0.25) is 0 Å². The summed E-state index contributed by atoms with van der Waals surface area (Å²) in [6.45, 7) is 8.42. The van der Waals surface area contributed by atoms with E-state index in [2.05, 4.69) is 5.32 Å². The maximum atomic E-state index is 12.3. The summed E-state index contributed by atoms with van der Waals surface area (Å²) in [5, 5.41) is 2.89. The lowest BCUT2D eigenvalue weighted by Gasteiger charge is -2.23. The Kier molecular flexibility index (Phi) is 6.11. The van der Waals surface area contributed by atoms with Gasteiger partial charge >= 0.3 is 0 Å². The number of carbonyl (C=O) groups is 2. The van der Waals surface area contributed by atoms with Crippen LogP contribution in [0.5, 0.6) is 0 Å². The molecule has 1 aromatic carbocycles. The smallest absolute Gasteiger partial charge is 0.253 e. The lowest BCUT2D eigenvalue weighted by Crippen LogP contribution is -2.39. The van der Waals surface area contributed by atoms with Crippen LogP contribution >= 0.6 is 0 Å². The molecule has 1 aromatic rings. The molecule has 22 heavy (non-hydrogen) atoms. The van der Waals surface area contributed by atoms with Crippen molar-refractivity contribution in [2.24, 2.45) is 11.1 Å². The van der Waals surface area contributed by atoms with Crippen LogP contribution in [0.1, 0.15) is 43.6 Å². The number of amides is 2. The second-order valence-corrected chi connectivity index (χ2v) is 6.63. The zero-order chi connectivity index (χ0) is 16.9. The Balaban J connectivity index is 2.67. The molecule has 122 valence electrons. The Labute approximate surface area is 132 Å². The average Bonchev–Trinajstić information content (AvgIpc) is 2.49. The zero-order valence-corrected chi connectivity index (χ0v) is 14.1. The van der Waals surface area contributed by atoms with Gasteiger partial charge in [0, 0.05) is 37.2 Å². The molecule has 0 saturated heterocycles. The molecule has 1 rings (SSSR count). The van der Waals surface area contributed by atoms with E-state index in [9.17, 15) is 9.59 Å². The molecular weight excluding hydrogens is 278 g/mol. The summed E-state index contributed by atoms with van der Waals surface area (Å²) < 4.78 is 0. The van der Waals surface area contributed by atoms with E-state index in [1.165, 1.54) is 0 Å². The molecule has 0 heterocycles. The van der Waals surface area contributed by atoms with Crippen molar-refractivity contribution in [1.29, 1.82) is 0 Å². The molecule has 2 amide bonds. The molecule has 0 spiro atoms. The van der Waals surface area contributed by atoms with Gasteiger partial charge in [0.05, 0.1) is 0 Å². The molecule has 1 unspecified atom stereocenters. The van der Waals surface area contributed by atoms with Crippen molar-refractivity contribution >= 4 is 11.8 Å². The summed E-state index contributed by atoms with van der Waals surface area (Å²) in [6.07, 6.45) is 0. The minimum absolute atomic E-state index is 0.00162. The van der Waals surface area contributed by atoms with E-state index in [0.717, 1.165) is 5.56 Å². The number of likely N-dealkylation sites (N-methyl/N-ethyl adjacent to an activating group) is 1. The summed E-state index contributed by atoms with van der Waals surface area (Å²) in [4.78, 5) is 25.7. The number of hydrogen-bond donors (Lipinski definition) is 2. The fourth-order valence-corrected chi connectivity index (χ4v) is 1.77. The SMILES string of the molecule is CC(CN)N(C)C(=O)c1ccc(CNC(=O)C(C)(C)C)cc1. The lowest BCUT2D eigenvalue weighted by molar-refractivity contribution is -0.128. The van der Waals surface area contributed by atoms with Crippen molar-refractivity contribution in [2.45, 2.75) is 40.3 Å². The van der Waals surface area contributed by atoms with Gasteiger partial charge in [0.1, 0.15) is 0 Å². The number of nitrogens with two attached hydrogens (primary N) is 1. The average molecular weight is 305 g/mol. The highest BCUT2D eigenvalue weighted by Gasteiger charge is 2.20. The maximum Gasteiger partial charge on any atom is 0.253 e. The van der Waals surface area contributed by atoms with E-state index in [4.69, 9.17) is 5.73 Å². The number of carbonyl (C=O) groups excluding carboxylic acids is 2. The van der Waals surface area contributed by atoms with Crippen LogP contribution in [0.25, 0.3) is 0 Å². The largest absolute Gasteiger partial charge is 0.352 e. The first-order chi connectivity index (χ1) is 10.2. The van der Waals surface area contributed by atoms with Crippen LogP contribution in [0, 0.1) is 5.41 Å². The van der Waals surface area contributed by atoms with Gasteiger partial charge in [0.15, 0.2) is 0 Å². The Morgan fingerprint density at radius 1 is 1.23 bits per heavy atom. The molecule has 0 aromatic heterocycles. The molecule has 3 N–H and O–H groups in total. The van der Waals surface area contributed by atoms with E-state index in [0.29, 0.717) is 18.7 Å². The van der Waals surface area contributed by atoms with Gasteiger partial charge in [-0.2, -0.15) is 0 Å². The minimum atomic E-state index is -0.406. The molecular formula is C17H27N3O2. The highest BCUT2D eigenvalue weighted by molar-refractivity contribution is 5.94. The van der Waals surface area contributed by atoms with Crippen molar-refractivity contribution in [3.8, 4) is 0 Å². The summed E-state index contributed by atoms with van der Waals surface area (Å²) in [5.74, 6) is -0.0487. The molecule has 0 saturated carbocycles. The van der Waals surface area contributed by atoms with Crippen LogP contribution in [0.15, 0.2) is 24.3 Å². The van der Waals surface area contributed by atoms with E-state index in [-0.39, 0.29) is 17.9 Å². The van der Waals surface area contributed by atoms with Crippen LogP contribution in [0.3, 0.4) is 0 Å². The quantitative estimate of drug-likeness (QED) is 0.870. The molecule has 0 bridgehead atoms. The molecule has 5 heteroatoms. The Bertz CT molecular complexity index is 518. The van der Waals surface area contributed by atoms with Gasteiger partial charge in [0.25, 0.3) is 5.91 Å². The van der Waals surface area contributed by atoms with E-state index >= 15 is 0 Å². The number of hydrogen-bond acceptors (Lipinski definition) is 3. The van der Waals surface area contributed by atoms with Crippen molar-refractivity contribution in [3.63, 3.8) is 0 Å². The second kappa shape index (κ2) is 7.40. The second-order valence-electron chi connectivity index (χ2n) is 6.63. The topological polar surface area (TPSA) is 75.4 Å². The summed E-state index contributed by atoms with van der Waals surface area (Å²) in [6, 6.07) is 7.27. The van der Waals surface area contributed by atoms with Crippen molar-refractivity contribution in [1.82, 2.24) is 10.2 Å². The van der Waals surface area contributed by atoms with Crippen molar-refractivity contribution in [3.05, 3.63) is 35.4 Å². The van der Waals surface area contributed by atoms with Crippen molar-refractivity contribution < 1.29 is 9.59 Å². The van der Waals surface area contributed by atoms with Crippen LogP contribution in [-0.4, -0.2) is 36.3 Å². The summed E-state index contributed by atoms with van der Waals surface area (Å²) in [7, 11) is 1.75. The Morgan fingerprint density at radius 2 is 1.77 bits per heavy atom. The van der Waals surface area contributed by atoms with E-state index < -0.39 is 5.41 Å².